The minimum absolute atomic E-state index is 0.217. The molecule has 0 fully saturated rings. The van der Waals surface area contributed by atoms with Gasteiger partial charge in [0.2, 0.25) is 0 Å². The van der Waals surface area contributed by atoms with Crippen molar-refractivity contribution >= 4 is 0 Å². The quantitative estimate of drug-likeness (QED) is 0.537. The maximum absolute atomic E-state index is 8.68. The number of hydrazine groups is 1. The molecule has 0 unspecified atom stereocenters. The van der Waals surface area contributed by atoms with E-state index in [1.54, 1.807) is 0 Å². The number of hydrogen-bond acceptors (Lipinski definition) is 3. The summed E-state index contributed by atoms with van der Waals surface area (Å²) in [7, 11) is 0. The predicted molar refractivity (Wildman–Crippen MR) is 56.5 cm³/mol. The van der Waals surface area contributed by atoms with Gasteiger partial charge in [0, 0.05) is 19.6 Å². The lowest BCUT2D eigenvalue weighted by Crippen LogP contribution is -2.40. The Labute approximate surface area is 82.1 Å². The van der Waals surface area contributed by atoms with Gasteiger partial charge in [0.1, 0.15) is 0 Å². The van der Waals surface area contributed by atoms with Crippen LogP contribution in [-0.4, -0.2) is 36.4 Å². The summed E-state index contributed by atoms with van der Waals surface area (Å²) in [5, 5.41) is 10.9. The molecule has 13 heavy (non-hydrogen) atoms. The fourth-order valence-corrected chi connectivity index (χ4v) is 1.18. The minimum Gasteiger partial charge on any atom is -0.395 e. The van der Waals surface area contributed by atoms with Gasteiger partial charge in [-0.25, -0.2) is 5.01 Å². The number of nitrogens with one attached hydrogen (secondary N) is 1. The molecule has 0 amide bonds. The predicted octanol–water partition coefficient (Wildman–Crippen LogP) is 1.39. The van der Waals surface area contributed by atoms with Crippen LogP contribution < -0.4 is 5.43 Å². The fourth-order valence-electron chi connectivity index (χ4n) is 1.18. The van der Waals surface area contributed by atoms with E-state index < -0.39 is 0 Å². The first-order valence-electron chi connectivity index (χ1n) is 5.44. The number of aliphatic hydroxyl groups is 1. The first kappa shape index (κ1) is 12.9. The highest BCUT2D eigenvalue weighted by atomic mass is 16.3. The lowest BCUT2D eigenvalue weighted by Gasteiger charge is -2.22. The molecule has 0 aliphatic heterocycles. The van der Waals surface area contributed by atoms with Crippen molar-refractivity contribution in [3.05, 3.63) is 0 Å². The van der Waals surface area contributed by atoms with E-state index in [0.29, 0.717) is 6.54 Å². The average Bonchev–Trinajstić information content (AvgIpc) is 2.17. The monoisotopic (exact) mass is 188 g/mol. The molecular formula is C10H24N2O. The van der Waals surface area contributed by atoms with Crippen molar-refractivity contribution in [3.63, 3.8) is 0 Å². The Morgan fingerprint density at radius 2 is 1.62 bits per heavy atom. The number of nitrogens with zero attached hydrogens (tertiary/aromatic N) is 1. The van der Waals surface area contributed by atoms with Crippen LogP contribution in [0.15, 0.2) is 0 Å². The Morgan fingerprint density at radius 1 is 1.08 bits per heavy atom. The Balaban J connectivity index is 3.47. The lowest BCUT2D eigenvalue weighted by atomic mass is 10.3. The van der Waals surface area contributed by atoms with Crippen molar-refractivity contribution in [3.8, 4) is 0 Å². The summed E-state index contributed by atoms with van der Waals surface area (Å²) in [5.41, 5.74) is 3.22. The van der Waals surface area contributed by atoms with E-state index in [9.17, 15) is 0 Å². The highest BCUT2D eigenvalue weighted by Crippen LogP contribution is 1.95. The van der Waals surface area contributed by atoms with Crippen LogP contribution in [-0.2, 0) is 0 Å². The molecule has 3 heteroatoms. The Bertz CT molecular complexity index is 79.9. The van der Waals surface area contributed by atoms with Crippen molar-refractivity contribution in [1.82, 2.24) is 10.4 Å². The van der Waals surface area contributed by atoms with Crippen LogP contribution in [0.25, 0.3) is 0 Å². The summed E-state index contributed by atoms with van der Waals surface area (Å²) in [4.78, 5) is 0. The van der Waals surface area contributed by atoms with Crippen molar-refractivity contribution in [2.45, 2.75) is 39.5 Å². The number of aliphatic hydroxyl groups excluding tert-OH is 1. The van der Waals surface area contributed by atoms with Crippen LogP contribution in [0.3, 0.4) is 0 Å². The standard InChI is InChI=1S/C10H24N2O/c1-3-5-8-12(9-6-4-2)11-7-10-13/h11,13H,3-10H2,1-2H3. The van der Waals surface area contributed by atoms with Gasteiger partial charge < -0.3 is 5.11 Å². The van der Waals surface area contributed by atoms with Gasteiger partial charge in [-0.05, 0) is 12.8 Å². The highest BCUT2D eigenvalue weighted by molar-refractivity contribution is 4.52. The van der Waals surface area contributed by atoms with E-state index in [1.807, 2.05) is 0 Å². The SMILES string of the molecule is CCCCN(CCCC)NCCO. The van der Waals surface area contributed by atoms with Crippen LogP contribution in [0.4, 0.5) is 0 Å². The van der Waals surface area contributed by atoms with Gasteiger partial charge in [0.15, 0.2) is 0 Å². The molecule has 0 bridgehead atoms. The Hall–Kier alpha value is -0.120. The van der Waals surface area contributed by atoms with Crippen molar-refractivity contribution in [2.75, 3.05) is 26.2 Å². The first-order valence-corrected chi connectivity index (χ1v) is 5.44. The summed E-state index contributed by atoms with van der Waals surface area (Å²) in [5.74, 6) is 0. The molecule has 0 rings (SSSR count). The second kappa shape index (κ2) is 9.96. The zero-order valence-electron chi connectivity index (χ0n) is 9.05. The van der Waals surface area contributed by atoms with Gasteiger partial charge in [-0.2, -0.15) is 0 Å². The number of rotatable bonds is 9. The van der Waals surface area contributed by atoms with E-state index in [-0.39, 0.29) is 6.61 Å². The van der Waals surface area contributed by atoms with E-state index >= 15 is 0 Å². The van der Waals surface area contributed by atoms with Crippen molar-refractivity contribution < 1.29 is 5.11 Å². The maximum atomic E-state index is 8.68. The third-order valence-corrected chi connectivity index (χ3v) is 2.01. The molecule has 2 N–H and O–H groups in total. The lowest BCUT2D eigenvalue weighted by molar-refractivity contribution is 0.159. The molecule has 0 spiro atoms. The summed E-state index contributed by atoms with van der Waals surface area (Å²) in [6, 6.07) is 0. The fraction of sp³-hybridized carbons (Fsp3) is 1.00. The molecule has 0 saturated heterocycles. The molecule has 0 aliphatic carbocycles. The molecule has 80 valence electrons. The highest BCUT2D eigenvalue weighted by Gasteiger charge is 2.01. The van der Waals surface area contributed by atoms with Gasteiger partial charge >= 0.3 is 0 Å². The maximum Gasteiger partial charge on any atom is 0.0570 e. The molecule has 0 saturated carbocycles. The largest absolute Gasteiger partial charge is 0.395 e. The van der Waals surface area contributed by atoms with Crippen molar-refractivity contribution in [2.24, 2.45) is 0 Å². The van der Waals surface area contributed by atoms with Gasteiger partial charge in [-0.1, -0.05) is 26.7 Å². The smallest absolute Gasteiger partial charge is 0.0570 e. The van der Waals surface area contributed by atoms with E-state index in [2.05, 4.69) is 24.3 Å². The molecule has 0 heterocycles. The summed E-state index contributed by atoms with van der Waals surface area (Å²) in [6.45, 7) is 7.48. The van der Waals surface area contributed by atoms with Crippen molar-refractivity contribution in [1.29, 1.82) is 0 Å². The normalized spacial score (nSPS) is 11.1. The van der Waals surface area contributed by atoms with E-state index in [0.717, 1.165) is 13.1 Å². The van der Waals surface area contributed by atoms with Gasteiger partial charge in [-0.3, -0.25) is 5.43 Å². The van der Waals surface area contributed by atoms with Crippen LogP contribution in [0.2, 0.25) is 0 Å². The average molecular weight is 188 g/mol. The van der Waals surface area contributed by atoms with Crippen LogP contribution >= 0.6 is 0 Å². The minimum atomic E-state index is 0.217. The molecular weight excluding hydrogens is 164 g/mol. The zero-order chi connectivity index (χ0) is 9.94. The number of hydrogen-bond donors (Lipinski definition) is 2. The zero-order valence-corrected chi connectivity index (χ0v) is 9.05. The van der Waals surface area contributed by atoms with Crippen LogP contribution in [0.1, 0.15) is 39.5 Å². The van der Waals surface area contributed by atoms with Gasteiger partial charge in [-0.15, -0.1) is 0 Å². The third-order valence-electron chi connectivity index (χ3n) is 2.01. The molecule has 0 aromatic carbocycles. The second-order valence-electron chi connectivity index (χ2n) is 3.33. The summed E-state index contributed by atoms with van der Waals surface area (Å²) in [6.07, 6.45) is 4.90. The van der Waals surface area contributed by atoms with E-state index in [4.69, 9.17) is 5.11 Å². The number of unbranched alkanes of at least 4 members (excludes halogenated alkanes) is 2. The molecule has 0 radical (unpaired) electrons. The second-order valence-corrected chi connectivity index (χ2v) is 3.33. The molecule has 0 atom stereocenters. The topological polar surface area (TPSA) is 35.5 Å². The Kier molecular flexibility index (Phi) is 9.87. The molecule has 0 aliphatic rings. The summed E-state index contributed by atoms with van der Waals surface area (Å²) < 4.78 is 0. The molecule has 0 aromatic heterocycles. The van der Waals surface area contributed by atoms with Gasteiger partial charge in [0.05, 0.1) is 6.61 Å². The van der Waals surface area contributed by atoms with E-state index in [1.165, 1.54) is 25.7 Å². The third kappa shape index (κ3) is 8.22. The summed E-state index contributed by atoms with van der Waals surface area (Å²) >= 11 is 0. The van der Waals surface area contributed by atoms with Crippen LogP contribution in [0.5, 0.6) is 0 Å². The van der Waals surface area contributed by atoms with Gasteiger partial charge in [0.25, 0.3) is 0 Å². The Morgan fingerprint density at radius 3 is 2.00 bits per heavy atom. The molecule has 0 aromatic rings. The van der Waals surface area contributed by atoms with Crippen LogP contribution in [0, 0.1) is 0 Å². The first-order chi connectivity index (χ1) is 6.35. The molecule has 3 nitrogen and oxygen atoms in total.